The van der Waals surface area contributed by atoms with Crippen molar-refractivity contribution in [2.24, 2.45) is 4.99 Å². The Balaban J connectivity index is 1.94. The second kappa shape index (κ2) is 7.16. The highest BCUT2D eigenvalue weighted by molar-refractivity contribution is 8.16. The number of carbonyl (C=O) groups excluding carboxylic acids is 1. The Kier molecular flexibility index (Phi) is 5.27. The summed E-state index contributed by atoms with van der Waals surface area (Å²) in [7, 11) is -3.23. The van der Waals surface area contributed by atoms with E-state index in [4.69, 9.17) is 16.7 Å². The number of carbonyl (C=O) groups is 2. The van der Waals surface area contributed by atoms with Crippen LogP contribution in [0.4, 0.5) is 10.1 Å². The summed E-state index contributed by atoms with van der Waals surface area (Å²) in [6, 6.07) is 3.50. The van der Waals surface area contributed by atoms with Crippen LogP contribution in [-0.4, -0.2) is 53.4 Å². The number of hydrogen-bond acceptors (Lipinski definition) is 5. The molecular formula is C15H14ClFN2O5S2. The molecule has 0 aliphatic carbocycles. The smallest absolute Gasteiger partial charge is 0.303 e. The molecule has 1 aromatic carbocycles. The zero-order chi connectivity index (χ0) is 19.1. The second-order valence-corrected chi connectivity index (χ2v) is 9.72. The van der Waals surface area contributed by atoms with E-state index in [0.717, 1.165) is 17.8 Å². The van der Waals surface area contributed by atoms with Gasteiger partial charge in [-0.3, -0.25) is 9.59 Å². The van der Waals surface area contributed by atoms with Crippen LogP contribution in [0.5, 0.6) is 0 Å². The second-order valence-electron chi connectivity index (χ2n) is 5.95. The SMILES string of the molecule is O=C(O)CCC(=O)N=C1SC2CS(=O)(=O)CC2N1c1ccc(F)c(Cl)c1. The van der Waals surface area contributed by atoms with Gasteiger partial charge in [-0.05, 0) is 18.2 Å². The number of fused-ring (bicyclic) bond motifs is 1. The van der Waals surface area contributed by atoms with Crippen LogP contribution in [0, 0.1) is 5.82 Å². The number of amidine groups is 1. The summed E-state index contributed by atoms with van der Waals surface area (Å²) < 4.78 is 37.4. The summed E-state index contributed by atoms with van der Waals surface area (Å²) in [4.78, 5) is 28.1. The highest BCUT2D eigenvalue weighted by Gasteiger charge is 2.49. The van der Waals surface area contributed by atoms with Crippen LogP contribution in [-0.2, 0) is 19.4 Å². The number of rotatable bonds is 4. The van der Waals surface area contributed by atoms with E-state index >= 15 is 0 Å². The van der Waals surface area contributed by atoms with Gasteiger partial charge in [0, 0.05) is 17.4 Å². The average molecular weight is 421 g/mol. The number of amides is 1. The highest BCUT2D eigenvalue weighted by atomic mass is 35.5. The first-order chi connectivity index (χ1) is 12.2. The van der Waals surface area contributed by atoms with Crippen LogP contribution in [0.25, 0.3) is 0 Å². The molecule has 2 aliphatic rings. The van der Waals surface area contributed by atoms with Crippen molar-refractivity contribution < 1.29 is 27.5 Å². The molecular weight excluding hydrogens is 407 g/mol. The summed E-state index contributed by atoms with van der Waals surface area (Å²) in [6.07, 6.45) is -0.602. The number of sulfone groups is 1. The van der Waals surface area contributed by atoms with Crippen LogP contribution in [0.3, 0.4) is 0 Å². The summed E-state index contributed by atoms with van der Waals surface area (Å²) in [5.41, 5.74) is 0.429. The van der Waals surface area contributed by atoms with Crippen molar-refractivity contribution in [1.82, 2.24) is 0 Å². The molecule has 26 heavy (non-hydrogen) atoms. The summed E-state index contributed by atoms with van der Waals surface area (Å²) in [5, 5.41) is 8.50. The van der Waals surface area contributed by atoms with Gasteiger partial charge in [0.05, 0.1) is 29.0 Å². The van der Waals surface area contributed by atoms with Gasteiger partial charge in [-0.2, -0.15) is 4.99 Å². The Labute approximate surface area is 158 Å². The number of carboxylic acids is 1. The predicted molar refractivity (Wildman–Crippen MR) is 97.0 cm³/mol. The molecule has 11 heteroatoms. The Morgan fingerprint density at radius 2 is 2.08 bits per heavy atom. The summed E-state index contributed by atoms with van der Waals surface area (Å²) in [5.74, 6) is -2.49. The van der Waals surface area contributed by atoms with Crippen LogP contribution >= 0.6 is 23.4 Å². The fourth-order valence-electron chi connectivity index (χ4n) is 2.88. The van der Waals surface area contributed by atoms with Crippen molar-refractivity contribution in [3.8, 4) is 0 Å². The Bertz CT molecular complexity index is 905. The van der Waals surface area contributed by atoms with Crippen LogP contribution in [0.2, 0.25) is 5.02 Å². The van der Waals surface area contributed by atoms with Gasteiger partial charge in [0.25, 0.3) is 0 Å². The maximum atomic E-state index is 13.5. The monoisotopic (exact) mass is 420 g/mol. The minimum Gasteiger partial charge on any atom is -0.481 e. The van der Waals surface area contributed by atoms with E-state index in [0.29, 0.717) is 5.69 Å². The van der Waals surface area contributed by atoms with Gasteiger partial charge in [0.1, 0.15) is 5.82 Å². The van der Waals surface area contributed by atoms with Gasteiger partial charge in [0.2, 0.25) is 5.91 Å². The number of carboxylic acid groups (broad SMARTS) is 1. The topological polar surface area (TPSA) is 104 Å². The number of halogens is 2. The third-order valence-electron chi connectivity index (χ3n) is 4.02. The third kappa shape index (κ3) is 4.02. The summed E-state index contributed by atoms with van der Waals surface area (Å²) in [6.45, 7) is 0. The van der Waals surface area contributed by atoms with Crippen molar-refractivity contribution in [1.29, 1.82) is 0 Å². The first-order valence-electron chi connectivity index (χ1n) is 7.61. The van der Waals surface area contributed by atoms with Gasteiger partial charge in [-0.1, -0.05) is 23.4 Å². The normalized spacial score (nSPS) is 25.5. The van der Waals surface area contributed by atoms with E-state index in [1.807, 2.05) is 0 Å². The largest absolute Gasteiger partial charge is 0.481 e. The zero-order valence-corrected chi connectivity index (χ0v) is 15.7. The maximum absolute atomic E-state index is 13.5. The molecule has 2 heterocycles. The number of anilines is 1. The van der Waals surface area contributed by atoms with Gasteiger partial charge in [0.15, 0.2) is 15.0 Å². The Morgan fingerprint density at radius 1 is 1.35 bits per heavy atom. The minimum absolute atomic E-state index is 0.0455. The molecule has 1 aromatic rings. The van der Waals surface area contributed by atoms with Crippen molar-refractivity contribution in [3.63, 3.8) is 0 Å². The van der Waals surface area contributed by atoms with Gasteiger partial charge in [-0.15, -0.1) is 0 Å². The third-order valence-corrected chi connectivity index (χ3v) is 7.52. The molecule has 0 spiro atoms. The molecule has 0 aromatic heterocycles. The molecule has 3 rings (SSSR count). The molecule has 140 valence electrons. The van der Waals surface area contributed by atoms with Gasteiger partial charge >= 0.3 is 5.97 Å². The van der Waals surface area contributed by atoms with Gasteiger partial charge < -0.3 is 10.0 Å². The lowest BCUT2D eigenvalue weighted by molar-refractivity contribution is -0.138. The van der Waals surface area contributed by atoms with E-state index in [-0.39, 0.29) is 39.8 Å². The molecule has 1 amide bonds. The molecule has 1 N–H and O–H groups in total. The fourth-order valence-corrected chi connectivity index (χ4v) is 6.98. The highest BCUT2D eigenvalue weighted by Crippen LogP contribution is 2.41. The zero-order valence-electron chi connectivity index (χ0n) is 13.3. The maximum Gasteiger partial charge on any atom is 0.303 e. The van der Waals surface area contributed by atoms with Crippen molar-refractivity contribution >= 4 is 55.9 Å². The lowest BCUT2D eigenvalue weighted by atomic mass is 10.2. The van der Waals surface area contributed by atoms with Crippen LogP contribution in [0.1, 0.15) is 12.8 Å². The Hall–Kier alpha value is -1.65. The molecule has 2 fully saturated rings. The number of aliphatic imine (C=N–C) groups is 1. The standard InChI is InChI=1S/C15H14ClFN2O5S2/c16-9-5-8(1-2-10(9)17)19-11-6-26(23,24)7-12(11)25-15(19)18-13(20)3-4-14(21)22/h1-2,5,11-12H,3-4,6-7H2,(H,21,22). The van der Waals surface area contributed by atoms with E-state index in [1.54, 1.807) is 4.90 Å². The number of nitrogens with zero attached hydrogens (tertiary/aromatic N) is 2. The van der Waals surface area contributed by atoms with E-state index in [1.165, 1.54) is 12.1 Å². The molecule has 2 saturated heterocycles. The first-order valence-corrected chi connectivity index (χ1v) is 10.7. The lowest BCUT2D eigenvalue weighted by Gasteiger charge is -2.24. The number of thioether (sulfide) groups is 1. The number of hydrogen-bond donors (Lipinski definition) is 1. The molecule has 0 saturated carbocycles. The molecule has 0 radical (unpaired) electrons. The fraction of sp³-hybridized carbons (Fsp3) is 0.400. The molecule has 2 atom stereocenters. The van der Waals surface area contributed by atoms with Crippen molar-refractivity contribution in [2.75, 3.05) is 16.4 Å². The van der Waals surface area contributed by atoms with E-state index in [9.17, 15) is 22.4 Å². The quantitative estimate of drug-likeness (QED) is 0.793. The predicted octanol–water partition coefficient (Wildman–Crippen LogP) is 1.95. The van der Waals surface area contributed by atoms with Crippen molar-refractivity contribution in [3.05, 3.63) is 29.0 Å². The van der Waals surface area contributed by atoms with Crippen molar-refractivity contribution in [2.45, 2.75) is 24.1 Å². The average Bonchev–Trinajstić information content (AvgIpc) is 2.99. The van der Waals surface area contributed by atoms with E-state index in [2.05, 4.69) is 4.99 Å². The number of aliphatic carboxylic acids is 1. The number of benzene rings is 1. The first kappa shape index (κ1) is 19.1. The minimum atomic E-state index is -3.23. The molecule has 2 aliphatic heterocycles. The Morgan fingerprint density at radius 3 is 2.73 bits per heavy atom. The molecule has 7 nitrogen and oxygen atoms in total. The van der Waals surface area contributed by atoms with Gasteiger partial charge in [-0.25, -0.2) is 12.8 Å². The van der Waals surface area contributed by atoms with E-state index < -0.39 is 33.6 Å². The van der Waals surface area contributed by atoms with Crippen LogP contribution < -0.4 is 4.90 Å². The summed E-state index contributed by atoms with van der Waals surface area (Å²) >= 11 is 6.98. The molecule has 0 bridgehead atoms. The lowest BCUT2D eigenvalue weighted by Crippen LogP contribution is -2.37. The van der Waals surface area contributed by atoms with Crippen LogP contribution in [0.15, 0.2) is 23.2 Å². The molecule has 2 unspecified atom stereocenters.